The highest BCUT2D eigenvalue weighted by Crippen LogP contribution is 2.32. The van der Waals surface area contributed by atoms with Crippen molar-refractivity contribution in [2.45, 2.75) is 26.4 Å². The van der Waals surface area contributed by atoms with E-state index in [2.05, 4.69) is 10.3 Å². The van der Waals surface area contributed by atoms with Crippen LogP contribution in [0.15, 0.2) is 53.3 Å². The minimum Gasteiger partial charge on any atom is -0.454 e. The fourth-order valence-electron chi connectivity index (χ4n) is 3.16. The second-order valence-corrected chi connectivity index (χ2v) is 6.82. The van der Waals surface area contributed by atoms with Crippen LogP contribution in [0.3, 0.4) is 0 Å². The van der Waals surface area contributed by atoms with Gasteiger partial charge in [0.25, 0.3) is 5.56 Å². The molecule has 0 atom stereocenters. The molecular formula is C22H20FN3O4. The number of nitrogens with zero attached hydrogens (tertiary/aromatic N) is 2. The molecule has 0 unspecified atom stereocenters. The van der Waals surface area contributed by atoms with Crippen LogP contribution in [0.2, 0.25) is 0 Å². The summed E-state index contributed by atoms with van der Waals surface area (Å²) in [7, 11) is 0. The molecular weight excluding hydrogens is 389 g/mol. The molecule has 2 aromatic carbocycles. The summed E-state index contributed by atoms with van der Waals surface area (Å²) in [6.45, 7) is 2.14. The molecule has 30 heavy (non-hydrogen) atoms. The summed E-state index contributed by atoms with van der Waals surface area (Å²) in [6, 6.07) is 12.5. The number of hydrogen-bond donors (Lipinski definition) is 1. The van der Waals surface area contributed by atoms with Gasteiger partial charge < -0.3 is 14.8 Å². The molecule has 0 saturated heterocycles. The average Bonchev–Trinajstić information content (AvgIpc) is 3.22. The number of nitrogens with one attached hydrogen (secondary N) is 1. The molecule has 2 heterocycles. The van der Waals surface area contributed by atoms with Gasteiger partial charge in [-0.3, -0.25) is 14.2 Å². The van der Waals surface area contributed by atoms with Gasteiger partial charge >= 0.3 is 0 Å². The van der Waals surface area contributed by atoms with Crippen molar-refractivity contribution in [1.82, 2.24) is 14.9 Å². The number of aromatic nitrogens is 2. The molecule has 0 saturated carbocycles. The molecule has 8 heteroatoms. The maximum Gasteiger partial charge on any atom is 0.254 e. The molecule has 0 bridgehead atoms. The Balaban J connectivity index is 1.53. The molecule has 0 spiro atoms. The van der Waals surface area contributed by atoms with E-state index < -0.39 is 0 Å². The van der Waals surface area contributed by atoms with Crippen LogP contribution < -0.4 is 20.3 Å². The van der Waals surface area contributed by atoms with Gasteiger partial charge in [0, 0.05) is 23.9 Å². The van der Waals surface area contributed by atoms with Crippen LogP contribution in [0.4, 0.5) is 4.39 Å². The third-order valence-corrected chi connectivity index (χ3v) is 4.75. The number of fused-ring (bicyclic) bond motifs is 1. The van der Waals surface area contributed by atoms with Crippen LogP contribution in [0, 0.1) is 5.82 Å². The lowest BCUT2D eigenvalue weighted by Gasteiger charge is -2.14. The zero-order valence-electron chi connectivity index (χ0n) is 16.4. The van der Waals surface area contributed by atoms with Crippen LogP contribution in [-0.4, -0.2) is 22.3 Å². The number of carbonyl (C=O) groups is 1. The van der Waals surface area contributed by atoms with E-state index in [4.69, 9.17) is 9.47 Å². The SMILES string of the molecule is CCc1cc(=O)n(CC(=O)NCc2ccc3c(c2)OCO3)c(-c2ccc(F)cc2)n1. The van der Waals surface area contributed by atoms with Gasteiger partial charge in [0.1, 0.15) is 18.2 Å². The van der Waals surface area contributed by atoms with Gasteiger partial charge in [-0.25, -0.2) is 9.37 Å². The lowest BCUT2D eigenvalue weighted by Crippen LogP contribution is -2.33. The number of hydrogen-bond acceptors (Lipinski definition) is 5. The second kappa shape index (κ2) is 8.36. The number of carbonyl (C=O) groups excluding carboxylic acids is 1. The average molecular weight is 409 g/mol. The zero-order valence-corrected chi connectivity index (χ0v) is 16.4. The number of amides is 1. The Labute approximate surface area is 172 Å². The topological polar surface area (TPSA) is 82.5 Å². The predicted octanol–water partition coefficient (Wildman–Crippen LogP) is 2.66. The first kappa shape index (κ1) is 19.6. The third-order valence-electron chi connectivity index (χ3n) is 4.75. The van der Waals surface area contributed by atoms with Crippen molar-refractivity contribution in [2.75, 3.05) is 6.79 Å². The van der Waals surface area contributed by atoms with Gasteiger partial charge in [-0.05, 0) is 48.4 Å². The normalized spacial score (nSPS) is 12.1. The van der Waals surface area contributed by atoms with Crippen molar-refractivity contribution < 1.29 is 18.7 Å². The first-order chi connectivity index (χ1) is 14.5. The molecule has 1 aromatic heterocycles. The summed E-state index contributed by atoms with van der Waals surface area (Å²) in [4.78, 5) is 29.7. The van der Waals surface area contributed by atoms with E-state index in [0.29, 0.717) is 35.0 Å². The van der Waals surface area contributed by atoms with Crippen molar-refractivity contribution in [1.29, 1.82) is 0 Å². The number of aryl methyl sites for hydroxylation is 1. The second-order valence-electron chi connectivity index (χ2n) is 6.82. The van der Waals surface area contributed by atoms with Gasteiger partial charge in [0.15, 0.2) is 11.5 Å². The van der Waals surface area contributed by atoms with E-state index in [1.807, 2.05) is 13.0 Å². The van der Waals surface area contributed by atoms with Gasteiger partial charge in [0.05, 0.1) is 0 Å². The van der Waals surface area contributed by atoms with Crippen LogP contribution in [0.25, 0.3) is 11.4 Å². The number of rotatable bonds is 6. The van der Waals surface area contributed by atoms with E-state index in [-0.39, 0.29) is 37.2 Å². The Bertz CT molecular complexity index is 1140. The number of ether oxygens (including phenoxy) is 2. The Kier molecular flexibility index (Phi) is 5.47. The van der Waals surface area contributed by atoms with Gasteiger partial charge in [-0.1, -0.05) is 13.0 Å². The Hall–Kier alpha value is -3.68. The summed E-state index contributed by atoms with van der Waals surface area (Å²) >= 11 is 0. The molecule has 0 fully saturated rings. The zero-order chi connectivity index (χ0) is 21.1. The lowest BCUT2D eigenvalue weighted by molar-refractivity contribution is -0.121. The van der Waals surface area contributed by atoms with Gasteiger partial charge in [-0.2, -0.15) is 0 Å². The fraction of sp³-hybridized carbons (Fsp3) is 0.227. The smallest absolute Gasteiger partial charge is 0.254 e. The minimum atomic E-state index is -0.388. The molecule has 1 N–H and O–H groups in total. The molecule has 3 aromatic rings. The maximum absolute atomic E-state index is 13.3. The van der Waals surface area contributed by atoms with Gasteiger partial charge in [-0.15, -0.1) is 0 Å². The van der Waals surface area contributed by atoms with E-state index in [1.54, 1.807) is 12.1 Å². The van der Waals surface area contributed by atoms with Crippen molar-refractivity contribution in [3.05, 3.63) is 76.0 Å². The largest absolute Gasteiger partial charge is 0.454 e. The lowest BCUT2D eigenvalue weighted by atomic mass is 10.2. The summed E-state index contributed by atoms with van der Waals surface area (Å²) in [5, 5.41) is 2.80. The molecule has 0 radical (unpaired) electrons. The first-order valence-corrected chi connectivity index (χ1v) is 9.55. The molecule has 1 aliphatic rings. The standard InChI is InChI=1S/C22H20FN3O4/c1-2-17-10-21(28)26(22(25-17)15-4-6-16(23)7-5-15)12-20(27)24-11-14-3-8-18-19(9-14)30-13-29-18/h3-10H,2,11-13H2,1H3,(H,24,27). The van der Waals surface area contributed by atoms with Crippen molar-refractivity contribution in [3.63, 3.8) is 0 Å². The van der Waals surface area contributed by atoms with Gasteiger partial charge in [0.2, 0.25) is 12.7 Å². The molecule has 7 nitrogen and oxygen atoms in total. The summed E-state index contributed by atoms with van der Waals surface area (Å²) in [5.41, 5.74) is 1.68. The van der Waals surface area contributed by atoms with Crippen LogP contribution in [-0.2, 0) is 24.3 Å². The Morgan fingerprint density at radius 3 is 2.67 bits per heavy atom. The van der Waals surface area contributed by atoms with Crippen LogP contribution in [0.5, 0.6) is 11.5 Å². The van der Waals surface area contributed by atoms with E-state index >= 15 is 0 Å². The Morgan fingerprint density at radius 2 is 1.90 bits per heavy atom. The van der Waals surface area contributed by atoms with E-state index in [1.165, 1.54) is 34.9 Å². The highest BCUT2D eigenvalue weighted by molar-refractivity contribution is 5.76. The highest BCUT2D eigenvalue weighted by Gasteiger charge is 2.16. The quantitative estimate of drug-likeness (QED) is 0.677. The molecule has 154 valence electrons. The van der Waals surface area contributed by atoms with Crippen molar-refractivity contribution >= 4 is 5.91 Å². The summed E-state index contributed by atoms with van der Waals surface area (Å²) < 4.78 is 25.2. The van der Waals surface area contributed by atoms with E-state index in [0.717, 1.165) is 5.56 Å². The monoisotopic (exact) mass is 409 g/mol. The first-order valence-electron chi connectivity index (χ1n) is 9.55. The highest BCUT2D eigenvalue weighted by atomic mass is 19.1. The van der Waals surface area contributed by atoms with Crippen LogP contribution >= 0.6 is 0 Å². The van der Waals surface area contributed by atoms with Crippen LogP contribution in [0.1, 0.15) is 18.2 Å². The van der Waals surface area contributed by atoms with Crippen molar-refractivity contribution in [3.8, 4) is 22.9 Å². The van der Waals surface area contributed by atoms with Crippen molar-refractivity contribution in [2.24, 2.45) is 0 Å². The fourth-order valence-corrected chi connectivity index (χ4v) is 3.16. The van der Waals surface area contributed by atoms with E-state index in [9.17, 15) is 14.0 Å². The molecule has 4 rings (SSSR count). The summed E-state index contributed by atoms with van der Waals surface area (Å²) in [6.07, 6.45) is 0.570. The molecule has 0 aliphatic carbocycles. The number of halogens is 1. The minimum absolute atomic E-state index is 0.182. The summed E-state index contributed by atoms with van der Waals surface area (Å²) in [5.74, 6) is 0.904. The molecule has 1 amide bonds. The predicted molar refractivity (Wildman–Crippen MR) is 108 cm³/mol. The maximum atomic E-state index is 13.3. The molecule has 1 aliphatic heterocycles. The number of benzene rings is 2. The Morgan fingerprint density at radius 1 is 1.13 bits per heavy atom. The third kappa shape index (κ3) is 4.17.